The van der Waals surface area contributed by atoms with Gasteiger partial charge in [-0.15, -0.1) is 0 Å². The van der Waals surface area contributed by atoms with Crippen LogP contribution in [0.25, 0.3) is 11.1 Å². The first kappa shape index (κ1) is 23.0. The summed E-state index contributed by atoms with van der Waals surface area (Å²) in [5, 5.41) is 3.00. The van der Waals surface area contributed by atoms with E-state index in [2.05, 4.69) is 5.32 Å². The number of nitrogens with zero attached hydrogens (tertiary/aromatic N) is 1. The Morgan fingerprint density at radius 2 is 1.67 bits per heavy atom. The van der Waals surface area contributed by atoms with Gasteiger partial charge in [0, 0.05) is 30.8 Å². The van der Waals surface area contributed by atoms with Crippen LogP contribution in [0.5, 0.6) is 5.75 Å². The number of methoxy groups -OCH3 is 1. The van der Waals surface area contributed by atoms with E-state index in [9.17, 15) is 13.2 Å². The molecular formula is C26H28N2O4S. The van der Waals surface area contributed by atoms with Crippen molar-refractivity contribution in [1.82, 2.24) is 4.31 Å². The van der Waals surface area contributed by atoms with Crippen LogP contribution in [0, 0.1) is 0 Å². The van der Waals surface area contributed by atoms with Gasteiger partial charge in [-0.3, -0.25) is 4.79 Å². The average molecular weight is 465 g/mol. The average Bonchev–Trinajstić information content (AvgIpc) is 3.39. The Hall–Kier alpha value is -3.16. The normalized spacial score (nSPS) is 14.2. The Morgan fingerprint density at radius 3 is 2.39 bits per heavy atom. The zero-order valence-corrected chi connectivity index (χ0v) is 19.5. The van der Waals surface area contributed by atoms with Crippen LogP contribution in [0.3, 0.4) is 0 Å². The van der Waals surface area contributed by atoms with Crippen LogP contribution < -0.4 is 10.1 Å². The summed E-state index contributed by atoms with van der Waals surface area (Å²) in [5.41, 5.74) is 3.41. The van der Waals surface area contributed by atoms with E-state index >= 15 is 0 Å². The minimum Gasteiger partial charge on any atom is -0.496 e. The number of nitrogens with one attached hydrogen (secondary N) is 1. The van der Waals surface area contributed by atoms with Gasteiger partial charge in [0.1, 0.15) is 5.75 Å². The summed E-state index contributed by atoms with van der Waals surface area (Å²) in [6.07, 6.45) is 2.33. The van der Waals surface area contributed by atoms with Gasteiger partial charge >= 0.3 is 0 Å². The van der Waals surface area contributed by atoms with Crippen molar-refractivity contribution in [3.05, 3.63) is 78.4 Å². The third-order valence-corrected chi connectivity index (χ3v) is 7.76. The van der Waals surface area contributed by atoms with E-state index < -0.39 is 10.0 Å². The Bertz CT molecular complexity index is 1220. The highest BCUT2D eigenvalue weighted by molar-refractivity contribution is 7.89. The quantitative estimate of drug-likeness (QED) is 0.524. The van der Waals surface area contributed by atoms with Gasteiger partial charge in [0.2, 0.25) is 15.9 Å². The van der Waals surface area contributed by atoms with Gasteiger partial charge in [0.05, 0.1) is 12.0 Å². The van der Waals surface area contributed by atoms with Crippen LogP contribution in [0.15, 0.2) is 77.7 Å². The molecule has 1 N–H and O–H groups in total. The summed E-state index contributed by atoms with van der Waals surface area (Å²) in [7, 11) is -1.99. The molecule has 1 aliphatic heterocycles. The first-order valence-corrected chi connectivity index (χ1v) is 12.5. The molecule has 6 nitrogen and oxygen atoms in total. The van der Waals surface area contributed by atoms with Crippen LogP contribution in [0.4, 0.5) is 5.69 Å². The fraction of sp³-hybridized carbons (Fsp3) is 0.269. The number of carbonyl (C=O) groups is 1. The van der Waals surface area contributed by atoms with Crippen molar-refractivity contribution in [2.45, 2.75) is 30.6 Å². The van der Waals surface area contributed by atoms with Crippen molar-refractivity contribution in [3.8, 4) is 16.9 Å². The molecule has 7 heteroatoms. The summed E-state index contributed by atoms with van der Waals surface area (Å²) in [6, 6.07) is 22.4. The van der Waals surface area contributed by atoms with E-state index in [4.69, 9.17) is 4.74 Å². The predicted molar refractivity (Wildman–Crippen MR) is 130 cm³/mol. The molecule has 0 bridgehead atoms. The third kappa shape index (κ3) is 5.26. The predicted octanol–water partition coefficient (Wildman–Crippen LogP) is 4.72. The number of benzene rings is 3. The van der Waals surface area contributed by atoms with Crippen molar-refractivity contribution in [1.29, 1.82) is 0 Å². The van der Waals surface area contributed by atoms with Gasteiger partial charge in [-0.05, 0) is 54.7 Å². The number of anilines is 1. The summed E-state index contributed by atoms with van der Waals surface area (Å²) in [5.74, 6) is 0.432. The number of carbonyl (C=O) groups excluding carboxylic acids is 1. The highest BCUT2D eigenvalue weighted by atomic mass is 32.2. The third-order valence-electron chi connectivity index (χ3n) is 5.86. The summed E-state index contributed by atoms with van der Waals surface area (Å²) >= 11 is 0. The molecular weight excluding hydrogens is 436 g/mol. The zero-order valence-electron chi connectivity index (χ0n) is 18.7. The zero-order chi connectivity index (χ0) is 23.3. The van der Waals surface area contributed by atoms with Gasteiger partial charge in [0.15, 0.2) is 0 Å². The maximum absolute atomic E-state index is 12.9. The molecule has 3 aromatic rings. The SMILES string of the molecule is COc1ccc(S(=O)(=O)N2CCCC2)cc1CCC(=O)Nc1ccccc1-c1ccccc1. The largest absolute Gasteiger partial charge is 0.496 e. The van der Waals surface area contributed by atoms with Gasteiger partial charge in [-0.25, -0.2) is 8.42 Å². The Morgan fingerprint density at radius 1 is 0.970 bits per heavy atom. The number of aryl methyl sites for hydroxylation is 1. The summed E-state index contributed by atoms with van der Waals surface area (Å²) in [6.45, 7) is 1.10. The molecule has 0 aliphatic carbocycles. The van der Waals surface area contributed by atoms with E-state index in [1.165, 1.54) is 4.31 Å². The molecule has 1 saturated heterocycles. The molecule has 172 valence electrons. The van der Waals surface area contributed by atoms with Crippen LogP contribution in [0.2, 0.25) is 0 Å². The highest BCUT2D eigenvalue weighted by Crippen LogP contribution is 2.29. The molecule has 1 aliphatic rings. The maximum atomic E-state index is 12.9. The number of hydrogen-bond donors (Lipinski definition) is 1. The molecule has 1 heterocycles. The van der Waals surface area contributed by atoms with E-state index in [1.807, 2.05) is 54.6 Å². The minimum atomic E-state index is -3.53. The van der Waals surface area contributed by atoms with Crippen molar-refractivity contribution >= 4 is 21.6 Å². The molecule has 0 atom stereocenters. The fourth-order valence-corrected chi connectivity index (χ4v) is 5.68. The van der Waals surface area contributed by atoms with E-state index in [0.717, 1.165) is 29.7 Å². The number of hydrogen-bond acceptors (Lipinski definition) is 4. The lowest BCUT2D eigenvalue weighted by Gasteiger charge is -2.17. The summed E-state index contributed by atoms with van der Waals surface area (Å²) < 4.78 is 32.8. The van der Waals surface area contributed by atoms with Gasteiger partial charge in [-0.2, -0.15) is 4.31 Å². The molecule has 3 aromatic carbocycles. The lowest BCUT2D eigenvalue weighted by molar-refractivity contribution is -0.116. The fourth-order valence-electron chi connectivity index (χ4n) is 4.11. The topological polar surface area (TPSA) is 75.7 Å². The van der Waals surface area contributed by atoms with Crippen LogP contribution in [0.1, 0.15) is 24.8 Å². The molecule has 0 saturated carbocycles. The number of rotatable bonds is 8. The smallest absolute Gasteiger partial charge is 0.243 e. The molecule has 0 spiro atoms. The first-order chi connectivity index (χ1) is 16.0. The minimum absolute atomic E-state index is 0.145. The monoisotopic (exact) mass is 464 g/mol. The highest BCUT2D eigenvalue weighted by Gasteiger charge is 2.27. The molecule has 33 heavy (non-hydrogen) atoms. The lowest BCUT2D eigenvalue weighted by atomic mass is 10.0. The molecule has 1 fully saturated rings. The molecule has 0 radical (unpaired) electrons. The van der Waals surface area contributed by atoms with Crippen LogP contribution >= 0.6 is 0 Å². The Labute approximate surface area is 195 Å². The van der Waals surface area contributed by atoms with Crippen molar-refractivity contribution < 1.29 is 17.9 Å². The van der Waals surface area contributed by atoms with Gasteiger partial charge < -0.3 is 10.1 Å². The number of para-hydroxylation sites is 1. The van der Waals surface area contributed by atoms with Crippen molar-refractivity contribution in [2.24, 2.45) is 0 Å². The van der Waals surface area contributed by atoms with E-state index in [0.29, 0.717) is 30.8 Å². The number of sulfonamides is 1. The summed E-state index contributed by atoms with van der Waals surface area (Å²) in [4.78, 5) is 13.0. The molecule has 0 aromatic heterocycles. The van der Waals surface area contributed by atoms with Crippen LogP contribution in [-0.4, -0.2) is 38.8 Å². The van der Waals surface area contributed by atoms with Crippen LogP contribution in [-0.2, 0) is 21.2 Å². The maximum Gasteiger partial charge on any atom is 0.243 e. The first-order valence-electron chi connectivity index (χ1n) is 11.1. The second-order valence-corrected chi connectivity index (χ2v) is 9.98. The number of amides is 1. The van der Waals surface area contributed by atoms with Crippen molar-refractivity contribution in [2.75, 3.05) is 25.5 Å². The van der Waals surface area contributed by atoms with Gasteiger partial charge in [0.25, 0.3) is 0 Å². The molecule has 1 amide bonds. The number of ether oxygens (including phenoxy) is 1. The second-order valence-electron chi connectivity index (χ2n) is 8.04. The standard InChI is InChI=1S/C26H28N2O4S/c1-32-25-15-14-22(33(30,31)28-17-7-8-18-28)19-21(25)13-16-26(29)27-24-12-6-5-11-23(24)20-9-3-2-4-10-20/h2-6,9-12,14-15,19H,7-8,13,16-18H2,1H3,(H,27,29). The van der Waals surface area contributed by atoms with Gasteiger partial charge in [-0.1, -0.05) is 48.5 Å². The van der Waals surface area contributed by atoms with E-state index in [1.54, 1.807) is 25.3 Å². The van der Waals surface area contributed by atoms with Crippen molar-refractivity contribution in [3.63, 3.8) is 0 Å². The molecule has 4 rings (SSSR count). The van der Waals surface area contributed by atoms with E-state index in [-0.39, 0.29) is 17.2 Å². The second kappa shape index (κ2) is 10.2. The lowest BCUT2D eigenvalue weighted by Crippen LogP contribution is -2.28. The molecule has 0 unspecified atom stereocenters. The Balaban J connectivity index is 1.49. The Kier molecular flexibility index (Phi) is 7.11.